The summed E-state index contributed by atoms with van der Waals surface area (Å²) in [5, 5.41) is 5.65. The first kappa shape index (κ1) is 15.1. The summed E-state index contributed by atoms with van der Waals surface area (Å²) in [6, 6.07) is 8.94. The van der Waals surface area contributed by atoms with Gasteiger partial charge in [-0.3, -0.25) is 5.32 Å². The maximum absolute atomic E-state index is 12.1. The largest absolute Gasteiger partial charge is 0.486 e. The molecule has 0 fully saturated rings. The van der Waals surface area contributed by atoms with Crippen molar-refractivity contribution in [2.75, 3.05) is 18.5 Å². The Balaban J connectivity index is 1.65. The smallest absolute Gasteiger partial charge is 0.320 e. The van der Waals surface area contributed by atoms with Crippen molar-refractivity contribution in [1.29, 1.82) is 0 Å². The van der Waals surface area contributed by atoms with Crippen LogP contribution in [0.15, 0.2) is 36.5 Å². The molecular weight excluding hydrogens is 294 g/mol. The van der Waals surface area contributed by atoms with Crippen molar-refractivity contribution in [3.8, 4) is 11.5 Å². The molecule has 1 aliphatic rings. The summed E-state index contributed by atoms with van der Waals surface area (Å²) >= 11 is 0. The number of amides is 2. The number of carbonyl (C=O) groups excluding carboxylic acids is 1. The first-order valence-corrected chi connectivity index (χ1v) is 7.52. The van der Waals surface area contributed by atoms with Crippen LogP contribution >= 0.6 is 0 Å². The van der Waals surface area contributed by atoms with Gasteiger partial charge in [-0.15, -0.1) is 0 Å². The molecule has 1 aromatic carbocycles. The standard InChI is InChI=1S/C17H19N3O3/c1-11-4-3-7-18-16(11)20-17(21)19-12(2)13-5-6-14-15(10-13)23-9-8-22-14/h3-7,10,12H,8-9H2,1-2H3,(H2,18,19,20,21)/t12-/m1/s1. The quantitative estimate of drug-likeness (QED) is 0.913. The lowest BCUT2D eigenvalue weighted by atomic mass is 10.1. The molecule has 6 nitrogen and oxygen atoms in total. The Bertz CT molecular complexity index is 718. The highest BCUT2D eigenvalue weighted by Gasteiger charge is 2.16. The van der Waals surface area contributed by atoms with E-state index in [2.05, 4.69) is 15.6 Å². The Labute approximate surface area is 134 Å². The number of nitrogens with one attached hydrogen (secondary N) is 2. The summed E-state index contributed by atoms with van der Waals surface area (Å²) in [5.74, 6) is 2.00. The lowest BCUT2D eigenvalue weighted by Crippen LogP contribution is -2.31. The number of ether oxygens (including phenoxy) is 2. The molecule has 1 aromatic heterocycles. The van der Waals surface area contributed by atoms with Gasteiger partial charge in [0.15, 0.2) is 11.5 Å². The van der Waals surface area contributed by atoms with Crippen molar-refractivity contribution in [3.05, 3.63) is 47.7 Å². The molecule has 0 radical (unpaired) electrons. The van der Waals surface area contributed by atoms with E-state index in [9.17, 15) is 4.79 Å². The predicted octanol–water partition coefficient (Wildman–Crippen LogP) is 3.04. The van der Waals surface area contributed by atoms with Gasteiger partial charge in [0.25, 0.3) is 0 Å². The van der Waals surface area contributed by atoms with E-state index in [1.165, 1.54) is 0 Å². The highest BCUT2D eigenvalue weighted by atomic mass is 16.6. The molecule has 0 saturated carbocycles. The normalized spacial score (nSPS) is 14.0. The summed E-state index contributed by atoms with van der Waals surface area (Å²) in [6.45, 7) is 4.91. The molecule has 1 aliphatic heterocycles. The van der Waals surface area contributed by atoms with Gasteiger partial charge in [0.2, 0.25) is 0 Å². The molecule has 1 atom stereocenters. The second-order valence-electron chi connectivity index (χ2n) is 5.39. The Morgan fingerprint density at radius 3 is 2.78 bits per heavy atom. The summed E-state index contributed by atoms with van der Waals surface area (Å²) in [6.07, 6.45) is 1.65. The van der Waals surface area contributed by atoms with Crippen molar-refractivity contribution >= 4 is 11.8 Å². The minimum Gasteiger partial charge on any atom is -0.486 e. The highest BCUT2D eigenvalue weighted by molar-refractivity contribution is 5.89. The third-order valence-corrected chi connectivity index (χ3v) is 3.66. The number of nitrogens with zero attached hydrogens (tertiary/aromatic N) is 1. The molecule has 0 bridgehead atoms. The van der Waals surface area contributed by atoms with Crippen LogP contribution in [0.1, 0.15) is 24.1 Å². The first-order chi connectivity index (χ1) is 11.1. The number of hydrogen-bond donors (Lipinski definition) is 2. The number of benzene rings is 1. The highest BCUT2D eigenvalue weighted by Crippen LogP contribution is 2.32. The summed E-state index contributed by atoms with van der Waals surface area (Å²) in [5.41, 5.74) is 1.86. The molecular formula is C17H19N3O3. The molecule has 0 unspecified atom stereocenters. The van der Waals surface area contributed by atoms with Crippen molar-refractivity contribution in [2.24, 2.45) is 0 Å². The first-order valence-electron chi connectivity index (χ1n) is 7.52. The van der Waals surface area contributed by atoms with Gasteiger partial charge in [-0.05, 0) is 43.2 Å². The van der Waals surface area contributed by atoms with E-state index < -0.39 is 0 Å². The fourth-order valence-electron chi connectivity index (χ4n) is 2.37. The van der Waals surface area contributed by atoms with E-state index in [-0.39, 0.29) is 12.1 Å². The minimum atomic E-state index is -0.297. The lowest BCUT2D eigenvalue weighted by molar-refractivity contribution is 0.171. The van der Waals surface area contributed by atoms with Crippen LogP contribution in [-0.2, 0) is 0 Å². The molecule has 2 heterocycles. The lowest BCUT2D eigenvalue weighted by Gasteiger charge is -2.21. The number of urea groups is 1. The summed E-state index contributed by atoms with van der Waals surface area (Å²) in [7, 11) is 0. The number of fused-ring (bicyclic) bond motifs is 1. The maximum atomic E-state index is 12.1. The van der Waals surface area contributed by atoms with Gasteiger partial charge >= 0.3 is 6.03 Å². The maximum Gasteiger partial charge on any atom is 0.320 e. The summed E-state index contributed by atoms with van der Waals surface area (Å²) in [4.78, 5) is 16.3. The van der Waals surface area contributed by atoms with E-state index in [0.717, 1.165) is 16.9 Å². The number of rotatable bonds is 3. The zero-order valence-corrected chi connectivity index (χ0v) is 13.1. The molecule has 0 aliphatic carbocycles. The fraction of sp³-hybridized carbons (Fsp3) is 0.294. The zero-order valence-electron chi connectivity index (χ0n) is 13.1. The van der Waals surface area contributed by atoms with E-state index in [0.29, 0.717) is 24.8 Å². The molecule has 2 N–H and O–H groups in total. The van der Waals surface area contributed by atoms with Crippen LogP contribution in [0.2, 0.25) is 0 Å². The minimum absolute atomic E-state index is 0.171. The average molecular weight is 313 g/mol. The van der Waals surface area contributed by atoms with Crippen molar-refractivity contribution in [2.45, 2.75) is 19.9 Å². The predicted molar refractivity (Wildman–Crippen MR) is 87.0 cm³/mol. The van der Waals surface area contributed by atoms with Gasteiger partial charge < -0.3 is 14.8 Å². The van der Waals surface area contributed by atoms with Gasteiger partial charge in [0.05, 0.1) is 6.04 Å². The van der Waals surface area contributed by atoms with Crippen LogP contribution < -0.4 is 20.1 Å². The van der Waals surface area contributed by atoms with Gasteiger partial charge in [0, 0.05) is 6.20 Å². The fourth-order valence-corrected chi connectivity index (χ4v) is 2.37. The van der Waals surface area contributed by atoms with Crippen LogP contribution in [0.25, 0.3) is 0 Å². The van der Waals surface area contributed by atoms with Gasteiger partial charge in [-0.1, -0.05) is 12.1 Å². The molecule has 120 valence electrons. The van der Waals surface area contributed by atoms with Crippen LogP contribution in [-0.4, -0.2) is 24.2 Å². The molecule has 23 heavy (non-hydrogen) atoms. The van der Waals surface area contributed by atoms with E-state index in [1.807, 2.05) is 44.2 Å². The third kappa shape index (κ3) is 3.53. The van der Waals surface area contributed by atoms with E-state index in [4.69, 9.17) is 9.47 Å². The Hall–Kier alpha value is -2.76. The average Bonchev–Trinajstić information content (AvgIpc) is 2.56. The van der Waals surface area contributed by atoms with Crippen molar-refractivity contribution in [3.63, 3.8) is 0 Å². The van der Waals surface area contributed by atoms with Gasteiger partial charge in [0.1, 0.15) is 19.0 Å². The number of aromatic nitrogens is 1. The second kappa shape index (κ2) is 6.56. The molecule has 3 rings (SSSR count). The molecule has 0 saturated heterocycles. The Morgan fingerprint density at radius 1 is 1.22 bits per heavy atom. The van der Waals surface area contributed by atoms with Crippen LogP contribution in [0.4, 0.5) is 10.6 Å². The monoisotopic (exact) mass is 313 g/mol. The molecule has 6 heteroatoms. The molecule has 0 spiro atoms. The van der Waals surface area contributed by atoms with Crippen LogP contribution in [0, 0.1) is 6.92 Å². The number of pyridine rings is 1. The van der Waals surface area contributed by atoms with E-state index >= 15 is 0 Å². The van der Waals surface area contributed by atoms with Crippen LogP contribution in [0.5, 0.6) is 11.5 Å². The van der Waals surface area contributed by atoms with Crippen molar-refractivity contribution < 1.29 is 14.3 Å². The van der Waals surface area contributed by atoms with Gasteiger partial charge in [-0.25, -0.2) is 9.78 Å². The van der Waals surface area contributed by atoms with E-state index in [1.54, 1.807) is 6.20 Å². The number of hydrogen-bond acceptors (Lipinski definition) is 4. The molecule has 2 amide bonds. The zero-order chi connectivity index (χ0) is 16.2. The SMILES string of the molecule is Cc1cccnc1NC(=O)N[C@H](C)c1ccc2c(c1)OCCO2. The topological polar surface area (TPSA) is 72.5 Å². The molecule has 2 aromatic rings. The number of carbonyl (C=O) groups is 1. The van der Waals surface area contributed by atoms with Crippen molar-refractivity contribution in [1.82, 2.24) is 10.3 Å². The number of aryl methyl sites for hydroxylation is 1. The Morgan fingerprint density at radius 2 is 2.00 bits per heavy atom. The number of anilines is 1. The second-order valence-corrected chi connectivity index (χ2v) is 5.39. The Kier molecular flexibility index (Phi) is 4.32. The summed E-state index contributed by atoms with van der Waals surface area (Å²) < 4.78 is 11.1. The van der Waals surface area contributed by atoms with Gasteiger partial charge in [-0.2, -0.15) is 0 Å². The third-order valence-electron chi connectivity index (χ3n) is 3.66. The van der Waals surface area contributed by atoms with Crippen LogP contribution in [0.3, 0.4) is 0 Å².